The molecule has 6 nitrogen and oxygen atoms in total. The molecular weight excluding hydrogens is 454 g/mol. The summed E-state index contributed by atoms with van der Waals surface area (Å²) in [6, 6.07) is 21.8. The van der Waals surface area contributed by atoms with Crippen molar-refractivity contribution in [1.29, 1.82) is 0 Å². The molecule has 6 heteroatoms. The molecule has 1 aliphatic rings. The second kappa shape index (κ2) is 11.1. The molecule has 3 aromatic carbocycles. The van der Waals surface area contributed by atoms with E-state index < -0.39 is 17.7 Å². The van der Waals surface area contributed by atoms with Gasteiger partial charge < -0.3 is 14.6 Å². The molecule has 1 atom stereocenters. The van der Waals surface area contributed by atoms with Crippen molar-refractivity contribution >= 4 is 17.4 Å². The third-order valence-corrected chi connectivity index (χ3v) is 6.16. The summed E-state index contributed by atoms with van der Waals surface area (Å²) in [5.74, 6) is -0.313. The molecule has 1 heterocycles. The van der Waals surface area contributed by atoms with Crippen LogP contribution in [0.1, 0.15) is 43.0 Å². The van der Waals surface area contributed by atoms with Gasteiger partial charge in [0.15, 0.2) is 23.0 Å². The highest BCUT2D eigenvalue weighted by atomic mass is 16.5. The number of hydrogen-bond acceptors (Lipinski definition) is 5. The summed E-state index contributed by atoms with van der Waals surface area (Å²) in [5.41, 5.74) is 3.39. The highest BCUT2D eigenvalue weighted by molar-refractivity contribution is 6.16. The second-order valence-corrected chi connectivity index (χ2v) is 8.66. The van der Waals surface area contributed by atoms with Crippen LogP contribution < -0.4 is 14.4 Å². The largest absolute Gasteiger partial charge is 0.503 e. The zero-order valence-electron chi connectivity index (χ0n) is 20.9. The maximum atomic E-state index is 13.5. The van der Waals surface area contributed by atoms with Gasteiger partial charge in [-0.1, -0.05) is 60.2 Å². The molecule has 1 N–H and O–H groups in total. The van der Waals surface area contributed by atoms with Crippen molar-refractivity contribution in [1.82, 2.24) is 0 Å². The van der Waals surface area contributed by atoms with Gasteiger partial charge in [-0.05, 0) is 50.5 Å². The molecule has 0 radical (unpaired) electrons. The van der Waals surface area contributed by atoms with Crippen LogP contribution in [0, 0.1) is 6.92 Å². The summed E-state index contributed by atoms with van der Waals surface area (Å²) in [5, 5.41) is 11.0. The Hall–Kier alpha value is -4.06. The summed E-state index contributed by atoms with van der Waals surface area (Å²) in [6.07, 6.45) is 0.697. The average Bonchev–Trinajstić information content (AvgIpc) is 3.15. The van der Waals surface area contributed by atoms with Crippen molar-refractivity contribution in [2.75, 3.05) is 18.1 Å². The van der Waals surface area contributed by atoms with Crippen molar-refractivity contribution in [3.8, 4) is 11.5 Å². The number of benzene rings is 3. The predicted molar refractivity (Wildman–Crippen MR) is 140 cm³/mol. The highest BCUT2D eigenvalue weighted by Gasteiger charge is 2.44. The van der Waals surface area contributed by atoms with Crippen molar-refractivity contribution in [3.63, 3.8) is 0 Å². The number of rotatable bonds is 10. The Kier molecular flexibility index (Phi) is 7.74. The van der Waals surface area contributed by atoms with Crippen LogP contribution in [0.2, 0.25) is 0 Å². The topological polar surface area (TPSA) is 76.1 Å². The highest BCUT2D eigenvalue weighted by Crippen LogP contribution is 2.43. The van der Waals surface area contributed by atoms with Gasteiger partial charge in [0.25, 0.3) is 5.91 Å². The Bertz CT molecular complexity index is 1280. The van der Waals surface area contributed by atoms with E-state index in [2.05, 4.69) is 0 Å². The zero-order valence-corrected chi connectivity index (χ0v) is 20.9. The van der Waals surface area contributed by atoms with E-state index in [-0.39, 0.29) is 17.8 Å². The lowest BCUT2D eigenvalue weighted by Gasteiger charge is -2.28. The van der Waals surface area contributed by atoms with E-state index in [1.54, 1.807) is 18.2 Å². The number of Topliss-reactive ketones (excluding diaryl/α,β-unsaturated/α-hetero) is 1. The number of amides is 1. The minimum absolute atomic E-state index is 0.119. The smallest absolute Gasteiger partial charge is 0.294 e. The quantitative estimate of drug-likeness (QED) is 0.387. The first kappa shape index (κ1) is 25.0. The molecule has 4 rings (SSSR count). The maximum absolute atomic E-state index is 13.5. The molecule has 186 valence electrons. The van der Waals surface area contributed by atoms with E-state index in [0.29, 0.717) is 36.8 Å². The molecule has 0 saturated heterocycles. The van der Waals surface area contributed by atoms with Crippen LogP contribution in [0.3, 0.4) is 0 Å². The maximum Gasteiger partial charge on any atom is 0.294 e. The number of ketones is 1. The van der Waals surface area contributed by atoms with Gasteiger partial charge in [-0.2, -0.15) is 0 Å². The lowest BCUT2D eigenvalue weighted by molar-refractivity contribution is -0.118. The molecule has 0 aliphatic carbocycles. The predicted octanol–water partition coefficient (Wildman–Crippen LogP) is 5.89. The minimum Gasteiger partial charge on any atom is -0.503 e. The standard InChI is InChI=1S/C30H31NO5/c1-4-35-25-17-15-23(19-26(25)36-5-2)31-28(22-13-9-10-20(3)18-22)27(29(33)30(31)34)24(32)16-14-21-11-7-6-8-12-21/h6-13,15,17-19,28,33H,4-5,14,16H2,1-3H3. The lowest BCUT2D eigenvalue weighted by Crippen LogP contribution is -2.31. The Morgan fingerprint density at radius 1 is 0.917 bits per heavy atom. The number of anilines is 1. The number of carbonyl (C=O) groups is 2. The van der Waals surface area contributed by atoms with Gasteiger partial charge in [-0.3, -0.25) is 14.5 Å². The SMILES string of the molecule is CCOc1ccc(N2C(=O)C(O)=C(C(=O)CCc3ccccc3)C2c2cccc(C)c2)cc1OCC. The summed E-state index contributed by atoms with van der Waals surface area (Å²) in [7, 11) is 0. The van der Waals surface area contributed by atoms with Crippen molar-refractivity contribution < 1.29 is 24.2 Å². The minimum atomic E-state index is -0.756. The number of aryl methyl sites for hydroxylation is 2. The van der Waals surface area contributed by atoms with E-state index in [1.165, 1.54) is 4.90 Å². The molecular formula is C30H31NO5. The summed E-state index contributed by atoms with van der Waals surface area (Å²) in [6.45, 7) is 6.60. The number of hydrogen-bond donors (Lipinski definition) is 1. The van der Waals surface area contributed by atoms with Crippen LogP contribution in [0.4, 0.5) is 5.69 Å². The van der Waals surface area contributed by atoms with Gasteiger partial charge in [-0.15, -0.1) is 0 Å². The third kappa shape index (κ3) is 5.13. The van der Waals surface area contributed by atoms with Crippen LogP contribution in [0.15, 0.2) is 84.1 Å². The molecule has 0 saturated carbocycles. The lowest BCUT2D eigenvalue weighted by atomic mass is 9.92. The first-order valence-electron chi connectivity index (χ1n) is 12.2. The summed E-state index contributed by atoms with van der Waals surface area (Å²) in [4.78, 5) is 28.4. The third-order valence-electron chi connectivity index (χ3n) is 6.16. The number of carbonyl (C=O) groups excluding carboxylic acids is 2. The number of ether oxygens (including phenoxy) is 2. The normalized spacial score (nSPS) is 15.4. The van der Waals surface area contributed by atoms with E-state index in [1.807, 2.05) is 75.4 Å². The first-order chi connectivity index (χ1) is 17.4. The van der Waals surface area contributed by atoms with E-state index in [9.17, 15) is 14.7 Å². The first-order valence-corrected chi connectivity index (χ1v) is 12.2. The molecule has 36 heavy (non-hydrogen) atoms. The monoisotopic (exact) mass is 485 g/mol. The van der Waals surface area contributed by atoms with E-state index in [4.69, 9.17) is 9.47 Å². The Labute approximate surface area is 211 Å². The summed E-state index contributed by atoms with van der Waals surface area (Å²) >= 11 is 0. The van der Waals surface area contributed by atoms with Gasteiger partial charge >= 0.3 is 0 Å². The van der Waals surface area contributed by atoms with Gasteiger partial charge in [0.1, 0.15) is 0 Å². The number of nitrogens with zero attached hydrogens (tertiary/aromatic N) is 1. The van der Waals surface area contributed by atoms with Gasteiger partial charge in [0.2, 0.25) is 0 Å². The average molecular weight is 486 g/mol. The second-order valence-electron chi connectivity index (χ2n) is 8.66. The Morgan fingerprint density at radius 2 is 1.64 bits per heavy atom. The fourth-order valence-electron chi connectivity index (χ4n) is 4.54. The van der Waals surface area contributed by atoms with Gasteiger partial charge in [0.05, 0.1) is 24.8 Å². The van der Waals surface area contributed by atoms with Gasteiger partial charge in [0, 0.05) is 18.2 Å². The Balaban J connectivity index is 1.75. The van der Waals surface area contributed by atoms with E-state index >= 15 is 0 Å². The van der Waals surface area contributed by atoms with E-state index in [0.717, 1.165) is 16.7 Å². The van der Waals surface area contributed by atoms with Crippen molar-refractivity contribution in [2.45, 2.75) is 39.7 Å². The van der Waals surface area contributed by atoms with Crippen molar-refractivity contribution in [3.05, 3.63) is 101 Å². The molecule has 0 aromatic heterocycles. The van der Waals surface area contributed by atoms with Crippen molar-refractivity contribution in [2.24, 2.45) is 0 Å². The van der Waals surface area contributed by atoms with Crippen LogP contribution in [0.25, 0.3) is 0 Å². The molecule has 3 aromatic rings. The van der Waals surface area contributed by atoms with Crippen LogP contribution in [0.5, 0.6) is 11.5 Å². The molecule has 1 aliphatic heterocycles. The van der Waals surface area contributed by atoms with Crippen LogP contribution >= 0.6 is 0 Å². The number of aliphatic hydroxyl groups is 1. The van der Waals surface area contributed by atoms with Crippen LogP contribution in [-0.4, -0.2) is 30.0 Å². The summed E-state index contributed by atoms with van der Waals surface area (Å²) < 4.78 is 11.4. The Morgan fingerprint density at radius 3 is 2.33 bits per heavy atom. The molecule has 1 amide bonds. The molecule has 0 spiro atoms. The number of aliphatic hydroxyl groups excluding tert-OH is 1. The molecule has 0 bridgehead atoms. The van der Waals surface area contributed by atoms with Crippen LogP contribution in [-0.2, 0) is 16.0 Å². The fourth-order valence-corrected chi connectivity index (χ4v) is 4.54. The fraction of sp³-hybridized carbons (Fsp3) is 0.267. The van der Waals surface area contributed by atoms with Gasteiger partial charge in [-0.25, -0.2) is 0 Å². The zero-order chi connectivity index (χ0) is 25.7. The molecule has 0 fully saturated rings. The molecule has 1 unspecified atom stereocenters.